The average molecular weight is 334 g/mol. The fourth-order valence-corrected chi connectivity index (χ4v) is 2.05. The van der Waals surface area contributed by atoms with Crippen LogP contribution in [-0.4, -0.2) is 26.0 Å². The Morgan fingerprint density at radius 3 is 2.70 bits per heavy atom. The molecule has 0 aromatic carbocycles. The Labute approximate surface area is 130 Å². The summed E-state index contributed by atoms with van der Waals surface area (Å²) in [4.78, 5) is 15.8. The molecule has 2 rings (SSSR count). The number of halogens is 3. The summed E-state index contributed by atoms with van der Waals surface area (Å²) in [6, 6.07) is 3.25. The summed E-state index contributed by atoms with van der Waals surface area (Å²) in [5.41, 5.74) is 0.704. The average Bonchev–Trinajstić information content (AvgIpc) is 2.70. The molecule has 1 N–H and O–H groups in total. The largest absolute Gasteiger partial charge is 0.309 e. The van der Waals surface area contributed by atoms with Gasteiger partial charge < -0.3 is 5.32 Å². The van der Waals surface area contributed by atoms with Crippen LogP contribution in [0.4, 0.5) is 5.82 Å². The summed E-state index contributed by atoms with van der Waals surface area (Å²) < 4.78 is 1.44. The van der Waals surface area contributed by atoms with Crippen LogP contribution in [0.3, 0.4) is 0 Å². The van der Waals surface area contributed by atoms with Gasteiger partial charge in [0.15, 0.2) is 5.82 Å². The van der Waals surface area contributed by atoms with E-state index in [1.165, 1.54) is 10.9 Å². The molecule has 5 nitrogen and oxygen atoms in total. The molecule has 2 heterocycles. The Bertz CT molecular complexity index is 654. The lowest BCUT2D eigenvalue weighted by Crippen LogP contribution is -2.22. The zero-order valence-corrected chi connectivity index (χ0v) is 13.0. The minimum absolute atomic E-state index is 0.329. The number of hydrogen-bond donors (Lipinski definition) is 1. The molecule has 0 aliphatic rings. The molecule has 0 saturated carbocycles. The summed E-state index contributed by atoms with van der Waals surface area (Å²) in [5.74, 6) is 0.483. The molecular formula is C12H11Cl3N4O. The fraction of sp³-hybridized carbons (Fsp3) is 0.250. The number of aryl methyl sites for hydroxylation is 1. The standard InChI is InChI=1S/C12H11Cl3N4O/c1-6-3-10(17-12(20)7(2)13)19(18-6)11-9(15)4-8(14)5-16-11/h3-5,7H,1-2H3,(H,17,20). The SMILES string of the molecule is Cc1cc(NC(=O)C(C)Cl)n(-c2ncc(Cl)cc2Cl)n1. The number of rotatable bonds is 3. The topological polar surface area (TPSA) is 59.8 Å². The highest BCUT2D eigenvalue weighted by Crippen LogP contribution is 2.25. The smallest absolute Gasteiger partial charge is 0.243 e. The summed E-state index contributed by atoms with van der Waals surface area (Å²) in [6.07, 6.45) is 1.45. The van der Waals surface area contributed by atoms with Crippen molar-refractivity contribution in [3.8, 4) is 5.82 Å². The van der Waals surface area contributed by atoms with Crippen LogP contribution in [0.5, 0.6) is 0 Å². The van der Waals surface area contributed by atoms with Gasteiger partial charge in [-0.25, -0.2) is 4.98 Å². The quantitative estimate of drug-likeness (QED) is 0.875. The maximum Gasteiger partial charge on any atom is 0.243 e. The Morgan fingerprint density at radius 1 is 1.40 bits per heavy atom. The molecule has 1 amide bonds. The molecule has 0 aliphatic carbocycles. The van der Waals surface area contributed by atoms with Crippen LogP contribution < -0.4 is 5.32 Å². The number of amides is 1. The van der Waals surface area contributed by atoms with Crippen molar-refractivity contribution in [2.75, 3.05) is 5.32 Å². The lowest BCUT2D eigenvalue weighted by molar-refractivity contribution is -0.115. The van der Waals surface area contributed by atoms with Crippen LogP contribution >= 0.6 is 34.8 Å². The molecule has 0 radical (unpaired) electrons. The highest BCUT2D eigenvalue weighted by Gasteiger charge is 2.16. The van der Waals surface area contributed by atoms with E-state index in [1.807, 2.05) is 0 Å². The molecule has 1 unspecified atom stereocenters. The van der Waals surface area contributed by atoms with Crippen LogP contribution in [0.25, 0.3) is 5.82 Å². The van der Waals surface area contributed by atoms with Crippen molar-refractivity contribution in [3.63, 3.8) is 0 Å². The number of nitrogens with zero attached hydrogens (tertiary/aromatic N) is 3. The molecule has 106 valence electrons. The van der Waals surface area contributed by atoms with E-state index >= 15 is 0 Å². The van der Waals surface area contributed by atoms with Crippen LogP contribution in [0, 0.1) is 6.92 Å². The molecule has 0 spiro atoms. The van der Waals surface area contributed by atoms with E-state index in [0.29, 0.717) is 27.4 Å². The molecule has 0 fully saturated rings. The lowest BCUT2D eigenvalue weighted by atomic mass is 10.4. The number of carbonyl (C=O) groups is 1. The van der Waals surface area contributed by atoms with Gasteiger partial charge in [0.2, 0.25) is 5.91 Å². The van der Waals surface area contributed by atoms with Gasteiger partial charge in [-0.05, 0) is 19.9 Å². The van der Waals surface area contributed by atoms with Gasteiger partial charge in [-0.15, -0.1) is 11.6 Å². The third-order valence-electron chi connectivity index (χ3n) is 2.43. The number of hydrogen-bond acceptors (Lipinski definition) is 3. The number of aromatic nitrogens is 3. The monoisotopic (exact) mass is 332 g/mol. The van der Waals surface area contributed by atoms with Crippen molar-refractivity contribution in [3.05, 3.63) is 34.1 Å². The molecule has 0 aliphatic heterocycles. The molecule has 8 heteroatoms. The van der Waals surface area contributed by atoms with Crippen molar-refractivity contribution in [1.82, 2.24) is 14.8 Å². The number of anilines is 1. The second-order valence-corrected chi connectivity index (χ2v) is 5.65. The van der Waals surface area contributed by atoms with Crippen molar-refractivity contribution < 1.29 is 4.79 Å². The van der Waals surface area contributed by atoms with E-state index in [1.54, 1.807) is 26.0 Å². The van der Waals surface area contributed by atoms with E-state index < -0.39 is 5.38 Å². The molecule has 1 atom stereocenters. The number of pyridine rings is 1. The van der Waals surface area contributed by atoms with Gasteiger partial charge in [-0.2, -0.15) is 9.78 Å². The van der Waals surface area contributed by atoms with Gasteiger partial charge in [0.05, 0.1) is 15.7 Å². The second kappa shape index (κ2) is 5.99. The van der Waals surface area contributed by atoms with Crippen molar-refractivity contribution in [2.45, 2.75) is 19.2 Å². The molecule has 2 aromatic rings. The molecule has 0 saturated heterocycles. The third-order valence-corrected chi connectivity index (χ3v) is 3.12. The highest BCUT2D eigenvalue weighted by atomic mass is 35.5. The normalized spacial score (nSPS) is 12.2. The maximum absolute atomic E-state index is 11.7. The summed E-state index contributed by atoms with van der Waals surface area (Å²) in [6.45, 7) is 3.37. The molecule has 0 bridgehead atoms. The van der Waals surface area contributed by atoms with Crippen molar-refractivity contribution >= 4 is 46.5 Å². The van der Waals surface area contributed by atoms with Crippen LogP contribution in [0.2, 0.25) is 10.0 Å². The minimum atomic E-state index is -0.660. The molecular weight excluding hydrogens is 323 g/mol. The van der Waals surface area contributed by atoms with Gasteiger partial charge in [-0.1, -0.05) is 23.2 Å². The van der Waals surface area contributed by atoms with Gasteiger partial charge in [0.1, 0.15) is 11.2 Å². The summed E-state index contributed by atoms with van der Waals surface area (Å²) in [5, 5.41) is 7.01. The van der Waals surface area contributed by atoms with Crippen molar-refractivity contribution in [2.24, 2.45) is 0 Å². The highest BCUT2D eigenvalue weighted by molar-refractivity contribution is 6.35. The molecule has 2 aromatic heterocycles. The fourth-order valence-electron chi connectivity index (χ4n) is 1.54. The number of alkyl halides is 1. The van der Waals surface area contributed by atoms with Gasteiger partial charge in [0, 0.05) is 12.3 Å². The van der Waals surface area contributed by atoms with Gasteiger partial charge in [-0.3, -0.25) is 4.79 Å². The third kappa shape index (κ3) is 3.23. The van der Waals surface area contributed by atoms with Gasteiger partial charge >= 0.3 is 0 Å². The Morgan fingerprint density at radius 2 is 2.10 bits per heavy atom. The molecule has 20 heavy (non-hydrogen) atoms. The van der Waals surface area contributed by atoms with E-state index in [0.717, 1.165) is 0 Å². The maximum atomic E-state index is 11.7. The first-order valence-electron chi connectivity index (χ1n) is 5.71. The van der Waals surface area contributed by atoms with Crippen LogP contribution in [-0.2, 0) is 4.79 Å². The second-order valence-electron chi connectivity index (χ2n) is 4.15. The van der Waals surface area contributed by atoms with Crippen molar-refractivity contribution in [1.29, 1.82) is 0 Å². The Kier molecular flexibility index (Phi) is 4.52. The number of carbonyl (C=O) groups excluding carboxylic acids is 1. The first-order valence-corrected chi connectivity index (χ1v) is 6.90. The summed E-state index contributed by atoms with van der Waals surface area (Å²) in [7, 11) is 0. The Balaban J connectivity index is 2.44. The van der Waals surface area contributed by atoms with E-state index in [2.05, 4.69) is 15.4 Å². The zero-order chi connectivity index (χ0) is 14.9. The van der Waals surface area contributed by atoms with Crippen LogP contribution in [0.1, 0.15) is 12.6 Å². The first kappa shape index (κ1) is 15.1. The van der Waals surface area contributed by atoms with Crippen LogP contribution in [0.15, 0.2) is 18.3 Å². The van der Waals surface area contributed by atoms with Gasteiger partial charge in [0.25, 0.3) is 0 Å². The summed E-state index contributed by atoms with van der Waals surface area (Å²) >= 11 is 17.6. The predicted octanol–water partition coefficient (Wildman–Crippen LogP) is 3.45. The predicted molar refractivity (Wildman–Crippen MR) is 80.1 cm³/mol. The first-order chi connectivity index (χ1) is 9.38. The Hall–Kier alpha value is -1.30. The zero-order valence-electron chi connectivity index (χ0n) is 10.7. The minimum Gasteiger partial charge on any atom is -0.309 e. The van der Waals surface area contributed by atoms with E-state index in [4.69, 9.17) is 34.8 Å². The van der Waals surface area contributed by atoms with E-state index in [9.17, 15) is 4.79 Å². The van der Waals surface area contributed by atoms with E-state index in [-0.39, 0.29) is 5.91 Å². The lowest BCUT2D eigenvalue weighted by Gasteiger charge is -2.10. The number of nitrogens with one attached hydrogen (secondary N) is 1.